The molecule has 90 valence electrons. The molecule has 16 heavy (non-hydrogen) atoms. The molecule has 1 aliphatic heterocycles. The van der Waals surface area contributed by atoms with Crippen LogP contribution in [-0.2, 0) is 4.74 Å². The molecule has 0 aliphatic carbocycles. The van der Waals surface area contributed by atoms with Crippen LogP contribution in [0.3, 0.4) is 0 Å². The van der Waals surface area contributed by atoms with Gasteiger partial charge in [0.1, 0.15) is 0 Å². The van der Waals surface area contributed by atoms with E-state index in [9.17, 15) is 0 Å². The maximum atomic E-state index is 5.37. The Morgan fingerprint density at radius 3 is 2.31 bits per heavy atom. The van der Waals surface area contributed by atoms with Crippen molar-refractivity contribution in [1.82, 2.24) is 4.90 Å². The minimum absolute atomic E-state index is 0.436. The Morgan fingerprint density at radius 2 is 1.88 bits per heavy atom. The van der Waals surface area contributed by atoms with Crippen LogP contribution in [-0.4, -0.2) is 31.2 Å². The average Bonchev–Trinajstić information content (AvgIpc) is 2.30. The van der Waals surface area contributed by atoms with Crippen molar-refractivity contribution in [3.8, 4) is 0 Å². The molecule has 1 aliphatic rings. The number of likely N-dealkylation sites (tertiary alicyclic amines) is 1. The summed E-state index contributed by atoms with van der Waals surface area (Å²) in [5.74, 6) is 0. The van der Waals surface area contributed by atoms with Crippen LogP contribution in [0.5, 0.6) is 0 Å². The van der Waals surface area contributed by atoms with Gasteiger partial charge in [-0.15, -0.1) is 0 Å². The van der Waals surface area contributed by atoms with Crippen molar-refractivity contribution in [1.29, 1.82) is 0 Å². The lowest BCUT2D eigenvalue weighted by molar-refractivity contribution is 0.0512. The number of hydrogen-bond donors (Lipinski definition) is 0. The van der Waals surface area contributed by atoms with Gasteiger partial charge in [0.2, 0.25) is 0 Å². The van der Waals surface area contributed by atoms with Gasteiger partial charge in [-0.3, -0.25) is 0 Å². The highest BCUT2D eigenvalue weighted by Crippen LogP contribution is 2.18. The van der Waals surface area contributed by atoms with Gasteiger partial charge in [-0.25, -0.2) is 0 Å². The third kappa shape index (κ3) is 3.86. The van der Waals surface area contributed by atoms with Crippen LogP contribution in [0.15, 0.2) is 36.1 Å². The molecule has 2 heteroatoms. The molecule has 1 rings (SSSR count). The zero-order chi connectivity index (χ0) is 12.0. The number of ether oxygens (including phenoxy) is 1. The number of methoxy groups -OCH3 is 1. The third-order valence-corrected chi connectivity index (χ3v) is 2.94. The lowest BCUT2D eigenvalue weighted by atomic mass is 10.1. The van der Waals surface area contributed by atoms with Gasteiger partial charge in [0.15, 0.2) is 0 Å². The Bertz CT molecular complexity index is 279. The number of nitrogens with zero attached hydrogens (tertiary/aromatic N) is 1. The normalized spacial score (nSPS) is 18.4. The monoisotopic (exact) mass is 221 g/mol. The van der Waals surface area contributed by atoms with Crippen LogP contribution >= 0.6 is 0 Å². The fourth-order valence-electron chi connectivity index (χ4n) is 1.90. The van der Waals surface area contributed by atoms with Crippen LogP contribution in [0.2, 0.25) is 0 Å². The fraction of sp³-hybridized carbons (Fsp3) is 0.571. The molecular formula is C14H23NO. The van der Waals surface area contributed by atoms with Gasteiger partial charge < -0.3 is 9.64 Å². The van der Waals surface area contributed by atoms with Crippen molar-refractivity contribution in [3.63, 3.8) is 0 Å². The van der Waals surface area contributed by atoms with Gasteiger partial charge in [0.25, 0.3) is 0 Å². The molecule has 0 spiro atoms. The highest BCUT2D eigenvalue weighted by molar-refractivity contribution is 5.23. The molecule has 0 atom stereocenters. The van der Waals surface area contributed by atoms with Gasteiger partial charge >= 0.3 is 0 Å². The molecule has 1 saturated heterocycles. The van der Waals surface area contributed by atoms with E-state index in [0.717, 1.165) is 25.9 Å². The second-order valence-electron chi connectivity index (χ2n) is 4.46. The maximum absolute atomic E-state index is 5.37. The molecule has 0 aromatic heterocycles. The van der Waals surface area contributed by atoms with Gasteiger partial charge in [0, 0.05) is 25.9 Å². The quantitative estimate of drug-likeness (QED) is 0.676. The molecule has 0 N–H and O–H groups in total. The van der Waals surface area contributed by atoms with E-state index in [1.807, 2.05) is 6.08 Å². The number of hydrogen-bond acceptors (Lipinski definition) is 2. The third-order valence-electron chi connectivity index (χ3n) is 2.94. The Kier molecular flexibility index (Phi) is 5.33. The molecule has 0 saturated carbocycles. The first-order valence-electron chi connectivity index (χ1n) is 5.92. The zero-order valence-electron chi connectivity index (χ0n) is 10.7. The van der Waals surface area contributed by atoms with Gasteiger partial charge in [-0.2, -0.15) is 0 Å². The van der Waals surface area contributed by atoms with Crippen LogP contribution in [0.1, 0.15) is 26.7 Å². The average molecular weight is 221 g/mol. The Morgan fingerprint density at radius 1 is 1.25 bits per heavy atom. The molecule has 1 fully saturated rings. The summed E-state index contributed by atoms with van der Waals surface area (Å²) in [7, 11) is 1.80. The van der Waals surface area contributed by atoms with E-state index in [0.29, 0.717) is 6.10 Å². The Hall–Kier alpha value is -1.02. The topological polar surface area (TPSA) is 12.5 Å². The standard InChI is InChI=1S/C14H23NO/c1-5-13(7-6-12(2)3)15-10-8-14(16-4)9-11-15/h5-7,14H,1,8-11H2,2-4H3/b13-7+. The van der Waals surface area contributed by atoms with E-state index < -0.39 is 0 Å². The van der Waals surface area contributed by atoms with E-state index in [1.54, 1.807) is 7.11 Å². The highest BCUT2D eigenvalue weighted by Gasteiger charge is 2.18. The highest BCUT2D eigenvalue weighted by atomic mass is 16.5. The van der Waals surface area contributed by atoms with Gasteiger partial charge in [0.05, 0.1) is 6.10 Å². The van der Waals surface area contributed by atoms with Crippen LogP contribution < -0.4 is 0 Å². The minimum Gasteiger partial charge on any atom is -0.381 e. The summed E-state index contributed by atoms with van der Waals surface area (Å²) in [6, 6.07) is 0. The summed E-state index contributed by atoms with van der Waals surface area (Å²) in [6.45, 7) is 10.2. The number of piperidine rings is 1. The first-order chi connectivity index (χ1) is 7.67. The van der Waals surface area contributed by atoms with Gasteiger partial charge in [-0.1, -0.05) is 18.2 Å². The Balaban J connectivity index is 2.59. The van der Waals surface area contributed by atoms with Crippen molar-refractivity contribution in [2.45, 2.75) is 32.8 Å². The van der Waals surface area contributed by atoms with Crippen LogP contribution in [0, 0.1) is 0 Å². The van der Waals surface area contributed by atoms with Crippen molar-refractivity contribution < 1.29 is 4.74 Å². The first kappa shape index (κ1) is 13.0. The molecule has 0 radical (unpaired) electrons. The maximum Gasteiger partial charge on any atom is 0.0605 e. The van der Waals surface area contributed by atoms with E-state index >= 15 is 0 Å². The molecule has 0 amide bonds. The molecular weight excluding hydrogens is 198 g/mol. The smallest absolute Gasteiger partial charge is 0.0605 e. The molecule has 0 bridgehead atoms. The first-order valence-corrected chi connectivity index (χ1v) is 5.92. The SMILES string of the molecule is C=C/C(=C\C=C(C)C)N1CCC(OC)CC1. The summed E-state index contributed by atoms with van der Waals surface area (Å²) in [6.07, 6.45) is 8.87. The minimum atomic E-state index is 0.436. The van der Waals surface area contributed by atoms with Crippen molar-refractivity contribution >= 4 is 0 Å². The van der Waals surface area contributed by atoms with E-state index in [4.69, 9.17) is 4.74 Å². The summed E-state index contributed by atoms with van der Waals surface area (Å²) in [5.41, 5.74) is 2.53. The second kappa shape index (κ2) is 6.54. The van der Waals surface area contributed by atoms with Crippen LogP contribution in [0.4, 0.5) is 0 Å². The summed E-state index contributed by atoms with van der Waals surface area (Å²) >= 11 is 0. The Labute approximate surface area is 99.3 Å². The molecule has 2 nitrogen and oxygen atoms in total. The van der Waals surface area contributed by atoms with Gasteiger partial charge in [-0.05, 0) is 38.8 Å². The van der Waals surface area contributed by atoms with E-state index in [-0.39, 0.29) is 0 Å². The predicted molar refractivity (Wildman–Crippen MR) is 69.3 cm³/mol. The molecule has 0 unspecified atom stereocenters. The van der Waals surface area contributed by atoms with E-state index in [2.05, 4.69) is 37.5 Å². The van der Waals surface area contributed by atoms with E-state index in [1.165, 1.54) is 11.3 Å². The lowest BCUT2D eigenvalue weighted by Gasteiger charge is -2.33. The van der Waals surface area contributed by atoms with Crippen molar-refractivity contribution in [2.24, 2.45) is 0 Å². The summed E-state index contributed by atoms with van der Waals surface area (Å²) in [5, 5.41) is 0. The molecule has 1 heterocycles. The summed E-state index contributed by atoms with van der Waals surface area (Å²) in [4.78, 5) is 2.38. The number of rotatable bonds is 4. The van der Waals surface area contributed by atoms with Crippen LogP contribution in [0.25, 0.3) is 0 Å². The van der Waals surface area contributed by atoms with Crippen molar-refractivity contribution in [2.75, 3.05) is 20.2 Å². The summed E-state index contributed by atoms with van der Waals surface area (Å²) < 4.78 is 5.37. The second-order valence-corrected chi connectivity index (χ2v) is 4.46. The lowest BCUT2D eigenvalue weighted by Crippen LogP contribution is -2.35. The molecule has 0 aromatic carbocycles. The van der Waals surface area contributed by atoms with Crippen molar-refractivity contribution in [3.05, 3.63) is 36.1 Å². The largest absolute Gasteiger partial charge is 0.381 e. The zero-order valence-corrected chi connectivity index (χ0v) is 10.7. The molecule has 0 aromatic rings. The predicted octanol–water partition coefficient (Wildman–Crippen LogP) is 3.13. The number of allylic oxidation sites excluding steroid dienone is 4. The fourth-order valence-corrected chi connectivity index (χ4v) is 1.90.